The van der Waals surface area contributed by atoms with Crippen molar-refractivity contribution in [2.24, 2.45) is 0 Å². The first kappa shape index (κ1) is 9.14. The first-order valence-electron chi connectivity index (χ1n) is 3.80. The summed E-state index contributed by atoms with van der Waals surface area (Å²) in [5, 5.41) is 0. The maximum Gasteiger partial charge on any atom is 0.358 e. The fourth-order valence-electron chi connectivity index (χ4n) is 1.09. The summed E-state index contributed by atoms with van der Waals surface area (Å²) in [5.41, 5.74) is 0.856. The van der Waals surface area contributed by atoms with Crippen LogP contribution in [0.1, 0.15) is 10.5 Å². The van der Waals surface area contributed by atoms with Crippen LogP contribution in [0.3, 0.4) is 0 Å². The Morgan fingerprint density at radius 1 is 1.64 bits per heavy atom. The summed E-state index contributed by atoms with van der Waals surface area (Å²) in [6.07, 6.45) is 4.91. The Labute approximate surface area is 87.9 Å². The second kappa shape index (κ2) is 3.38. The predicted octanol–water partition coefficient (Wildman–Crippen LogP) is 1.28. The van der Waals surface area contributed by atoms with Crippen molar-refractivity contribution in [3.63, 3.8) is 0 Å². The van der Waals surface area contributed by atoms with E-state index in [0.717, 1.165) is 0 Å². The van der Waals surface area contributed by atoms with E-state index in [-0.39, 0.29) is 5.69 Å². The van der Waals surface area contributed by atoms with Crippen molar-refractivity contribution in [2.75, 3.05) is 7.11 Å². The van der Waals surface area contributed by atoms with Gasteiger partial charge in [0.1, 0.15) is 4.60 Å². The lowest BCUT2D eigenvalue weighted by atomic mass is 10.5. The van der Waals surface area contributed by atoms with E-state index in [1.54, 1.807) is 23.0 Å². The standard InChI is InChI=1S/C8H6BrN3O2/c1-14-8(13)5-4-12-3-2-10-6(9)7(12)11-5/h2-4H,1H3. The van der Waals surface area contributed by atoms with Crippen LogP contribution in [0, 0.1) is 0 Å². The van der Waals surface area contributed by atoms with Crippen molar-refractivity contribution in [1.29, 1.82) is 0 Å². The highest BCUT2D eigenvalue weighted by Gasteiger charge is 2.12. The third-order valence-corrected chi connectivity index (χ3v) is 2.29. The van der Waals surface area contributed by atoms with Crippen LogP contribution in [-0.4, -0.2) is 27.4 Å². The van der Waals surface area contributed by atoms with E-state index in [1.165, 1.54) is 7.11 Å². The van der Waals surface area contributed by atoms with Gasteiger partial charge in [0, 0.05) is 18.6 Å². The Morgan fingerprint density at radius 3 is 3.07 bits per heavy atom. The van der Waals surface area contributed by atoms with Crippen LogP contribution in [0.5, 0.6) is 0 Å². The lowest BCUT2D eigenvalue weighted by molar-refractivity contribution is 0.0595. The number of esters is 1. The second-order valence-electron chi connectivity index (χ2n) is 2.57. The Balaban J connectivity index is 2.62. The number of carbonyl (C=O) groups is 1. The van der Waals surface area contributed by atoms with Gasteiger partial charge in [0.25, 0.3) is 0 Å². The van der Waals surface area contributed by atoms with E-state index in [1.807, 2.05) is 0 Å². The Hall–Kier alpha value is -1.43. The molecule has 14 heavy (non-hydrogen) atoms. The quantitative estimate of drug-likeness (QED) is 0.721. The number of carbonyl (C=O) groups excluding carboxylic acids is 1. The third kappa shape index (κ3) is 1.37. The van der Waals surface area contributed by atoms with Crippen molar-refractivity contribution < 1.29 is 9.53 Å². The zero-order chi connectivity index (χ0) is 10.1. The molecule has 2 aromatic rings. The zero-order valence-electron chi connectivity index (χ0n) is 7.27. The monoisotopic (exact) mass is 255 g/mol. The van der Waals surface area contributed by atoms with E-state index in [2.05, 4.69) is 30.6 Å². The number of hydrogen-bond donors (Lipinski definition) is 0. The summed E-state index contributed by atoms with van der Waals surface area (Å²) >= 11 is 3.23. The van der Waals surface area contributed by atoms with Crippen molar-refractivity contribution in [3.05, 3.63) is 28.9 Å². The number of imidazole rings is 1. The molecule has 2 rings (SSSR count). The molecule has 0 atom stereocenters. The van der Waals surface area contributed by atoms with E-state index in [0.29, 0.717) is 10.3 Å². The highest BCUT2D eigenvalue weighted by molar-refractivity contribution is 9.10. The highest BCUT2D eigenvalue weighted by Crippen LogP contribution is 2.14. The summed E-state index contributed by atoms with van der Waals surface area (Å²) < 4.78 is 6.85. The van der Waals surface area contributed by atoms with E-state index in [4.69, 9.17) is 0 Å². The molecule has 6 heteroatoms. The SMILES string of the molecule is COC(=O)c1cn2ccnc(Br)c2n1. The molecule has 0 aliphatic carbocycles. The molecule has 5 nitrogen and oxygen atoms in total. The third-order valence-electron chi connectivity index (χ3n) is 1.73. The van der Waals surface area contributed by atoms with Gasteiger partial charge in [-0.05, 0) is 15.9 Å². The second-order valence-corrected chi connectivity index (χ2v) is 3.32. The lowest BCUT2D eigenvalue weighted by Gasteiger charge is -1.91. The van der Waals surface area contributed by atoms with Gasteiger partial charge in [0.2, 0.25) is 0 Å². The van der Waals surface area contributed by atoms with Gasteiger partial charge >= 0.3 is 5.97 Å². The normalized spacial score (nSPS) is 10.4. The molecule has 0 spiro atoms. The van der Waals surface area contributed by atoms with Gasteiger partial charge in [-0.2, -0.15) is 0 Å². The Morgan fingerprint density at radius 2 is 2.43 bits per heavy atom. The molecular weight excluding hydrogens is 250 g/mol. The summed E-state index contributed by atoms with van der Waals surface area (Å²) in [5.74, 6) is -0.458. The molecule has 0 aromatic carbocycles. The van der Waals surface area contributed by atoms with E-state index >= 15 is 0 Å². The van der Waals surface area contributed by atoms with Gasteiger partial charge in [-0.3, -0.25) is 0 Å². The Bertz CT molecular complexity index is 494. The molecule has 0 N–H and O–H groups in total. The van der Waals surface area contributed by atoms with Gasteiger partial charge in [-0.15, -0.1) is 0 Å². The first-order chi connectivity index (χ1) is 6.72. The van der Waals surface area contributed by atoms with Gasteiger partial charge in [-0.1, -0.05) is 0 Å². The molecule has 2 aromatic heterocycles. The molecule has 0 aliphatic rings. The van der Waals surface area contributed by atoms with Crippen LogP contribution in [0.2, 0.25) is 0 Å². The van der Waals surface area contributed by atoms with E-state index < -0.39 is 5.97 Å². The van der Waals surface area contributed by atoms with Crippen molar-refractivity contribution in [2.45, 2.75) is 0 Å². The minimum absolute atomic E-state index is 0.265. The number of fused-ring (bicyclic) bond motifs is 1. The molecule has 0 saturated carbocycles. The summed E-state index contributed by atoms with van der Waals surface area (Å²) in [7, 11) is 1.32. The van der Waals surface area contributed by atoms with Gasteiger partial charge in [-0.25, -0.2) is 14.8 Å². The average Bonchev–Trinajstić information content (AvgIpc) is 2.62. The topological polar surface area (TPSA) is 56.5 Å². The molecule has 0 radical (unpaired) electrons. The van der Waals surface area contributed by atoms with Gasteiger partial charge in [0.05, 0.1) is 7.11 Å². The fraction of sp³-hybridized carbons (Fsp3) is 0.125. The van der Waals surface area contributed by atoms with Crippen molar-refractivity contribution in [3.8, 4) is 0 Å². The lowest BCUT2D eigenvalue weighted by Crippen LogP contribution is -2.00. The molecule has 0 fully saturated rings. The maximum absolute atomic E-state index is 11.2. The number of methoxy groups -OCH3 is 1. The number of hydrogen-bond acceptors (Lipinski definition) is 4. The highest BCUT2D eigenvalue weighted by atomic mass is 79.9. The molecule has 72 valence electrons. The predicted molar refractivity (Wildman–Crippen MR) is 52.0 cm³/mol. The minimum atomic E-state index is -0.458. The summed E-state index contributed by atoms with van der Waals surface area (Å²) in [4.78, 5) is 19.2. The van der Waals surface area contributed by atoms with Crippen LogP contribution >= 0.6 is 15.9 Å². The van der Waals surface area contributed by atoms with Crippen molar-refractivity contribution >= 4 is 27.5 Å². The minimum Gasteiger partial charge on any atom is -0.464 e. The number of nitrogens with zero attached hydrogens (tertiary/aromatic N) is 3. The molecule has 0 saturated heterocycles. The molecule has 0 bridgehead atoms. The number of rotatable bonds is 1. The fourth-order valence-corrected chi connectivity index (χ4v) is 1.50. The Kier molecular flexibility index (Phi) is 2.20. The molecule has 0 unspecified atom stereocenters. The van der Waals surface area contributed by atoms with Crippen LogP contribution in [0.25, 0.3) is 5.65 Å². The maximum atomic E-state index is 11.2. The largest absolute Gasteiger partial charge is 0.464 e. The van der Waals surface area contributed by atoms with Crippen molar-refractivity contribution in [1.82, 2.24) is 14.4 Å². The van der Waals surface area contributed by atoms with Gasteiger partial charge in [0.15, 0.2) is 11.3 Å². The van der Waals surface area contributed by atoms with Crippen LogP contribution in [-0.2, 0) is 4.74 Å². The van der Waals surface area contributed by atoms with E-state index in [9.17, 15) is 4.79 Å². The first-order valence-corrected chi connectivity index (χ1v) is 4.59. The average molecular weight is 256 g/mol. The summed E-state index contributed by atoms with van der Waals surface area (Å²) in [6, 6.07) is 0. The van der Waals surface area contributed by atoms with Gasteiger partial charge < -0.3 is 9.14 Å². The van der Waals surface area contributed by atoms with Crippen LogP contribution < -0.4 is 0 Å². The number of aromatic nitrogens is 3. The number of halogens is 1. The van der Waals surface area contributed by atoms with Crippen LogP contribution in [0.15, 0.2) is 23.2 Å². The molecule has 2 heterocycles. The molecular formula is C8H6BrN3O2. The smallest absolute Gasteiger partial charge is 0.358 e. The molecule has 0 aliphatic heterocycles. The zero-order valence-corrected chi connectivity index (χ0v) is 8.85. The molecule has 0 amide bonds. The van der Waals surface area contributed by atoms with Crippen LogP contribution in [0.4, 0.5) is 0 Å². The number of ether oxygens (including phenoxy) is 1. The summed E-state index contributed by atoms with van der Waals surface area (Å²) in [6.45, 7) is 0.